The Hall–Kier alpha value is -4.05. The van der Waals surface area contributed by atoms with E-state index in [9.17, 15) is 18.4 Å². The molecule has 0 unspecified atom stereocenters. The third kappa shape index (κ3) is 4.46. The number of anilines is 2. The van der Waals surface area contributed by atoms with Crippen molar-refractivity contribution in [1.29, 1.82) is 0 Å². The summed E-state index contributed by atoms with van der Waals surface area (Å²) in [6.45, 7) is 9.64. The zero-order valence-corrected chi connectivity index (χ0v) is 22.9. The van der Waals surface area contributed by atoms with Crippen molar-refractivity contribution in [3.8, 4) is 11.4 Å². The molecule has 208 valence electrons. The molecule has 2 aromatic carbocycles. The minimum Gasteiger partial charge on any atom is -0.338 e. The molecule has 0 saturated carbocycles. The highest BCUT2D eigenvalue weighted by molar-refractivity contribution is 6.02. The van der Waals surface area contributed by atoms with E-state index in [-0.39, 0.29) is 28.6 Å². The number of H-pyrrole nitrogens is 2. The molecular weight excluding hydrogens is 514 g/mol. The molecule has 4 heterocycles. The van der Waals surface area contributed by atoms with Crippen LogP contribution in [0.3, 0.4) is 0 Å². The number of fused-ring (bicyclic) bond motifs is 2. The predicted molar refractivity (Wildman–Crippen MR) is 151 cm³/mol. The number of nitrogens with one attached hydrogen (secondary N) is 2. The monoisotopic (exact) mass is 546 g/mol. The summed E-state index contributed by atoms with van der Waals surface area (Å²) in [7, 11) is 0. The third-order valence-corrected chi connectivity index (χ3v) is 7.99. The molecule has 0 aliphatic carbocycles. The van der Waals surface area contributed by atoms with E-state index < -0.39 is 11.6 Å². The van der Waals surface area contributed by atoms with Gasteiger partial charge in [-0.15, -0.1) is 0 Å². The Balaban J connectivity index is 1.37. The van der Waals surface area contributed by atoms with Crippen LogP contribution in [0.25, 0.3) is 22.4 Å². The summed E-state index contributed by atoms with van der Waals surface area (Å²) < 4.78 is 28.5. The van der Waals surface area contributed by atoms with Crippen LogP contribution in [0.2, 0.25) is 0 Å². The fourth-order valence-corrected chi connectivity index (χ4v) is 5.93. The van der Waals surface area contributed by atoms with Crippen LogP contribution < -0.4 is 10.5 Å². The highest BCUT2D eigenvalue weighted by Gasteiger charge is 2.30. The number of benzene rings is 2. The first-order valence-electron chi connectivity index (χ1n) is 13.7. The lowest BCUT2D eigenvalue weighted by molar-refractivity contribution is 0.0763. The van der Waals surface area contributed by atoms with Crippen LogP contribution in [0.5, 0.6) is 0 Å². The van der Waals surface area contributed by atoms with Crippen molar-refractivity contribution >= 4 is 28.3 Å². The van der Waals surface area contributed by atoms with Gasteiger partial charge in [-0.25, -0.2) is 13.8 Å². The number of hydrogen-bond donors (Lipinski definition) is 2. The maximum atomic E-state index is 14.6. The summed E-state index contributed by atoms with van der Waals surface area (Å²) in [5, 5.41) is 0. The van der Waals surface area contributed by atoms with Gasteiger partial charge in [0.05, 0.1) is 16.7 Å². The number of aromatic nitrogens is 3. The number of amides is 1. The van der Waals surface area contributed by atoms with E-state index in [1.54, 1.807) is 17.0 Å². The summed E-state index contributed by atoms with van der Waals surface area (Å²) in [4.78, 5) is 43.2. The van der Waals surface area contributed by atoms with E-state index in [2.05, 4.69) is 14.9 Å². The van der Waals surface area contributed by atoms with Crippen molar-refractivity contribution in [2.45, 2.75) is 46.2 Å². The van der Waals surface area contributed by atoms with Crippen LogP contribution in [0.4, 0.5) is 20.2 Å². The topological polar surface area (TPSA) is 88.3 Å². The number of halogens is 2. The van der Waals surface area contributed by atoms with Gasteiger partial charge in [-0.05, 0) is 82.6 Å². The Morgan fingerprint density at radius 1 is 1.05 bits per heavy atom. The number of imidazole rings is 1. The second kappa shape index (κ2) is 10.2. The Kier molecular flexibility index (Phi) is 6.66. The Bertz CT molecular complexity index is 1670. The van der Waals surface area contributed by atoms with Crippen LogP contribution in [0.15, 0.2) is 41.3 Å². The largest absolute Gasteiger partial charge is 0.338 e. The molecule has 8 nitrogen and oxygen atoms in total. The van der Waals surface area contributed by atoms with Crippen molar-refractivity contribution in [3.63, 3.8) is 0 Å². The van der Waals surface area contributed by atoms with Crippen molar-refractivity contribution in [3.05, 3.63) is 75.2 Å². The standard InChI is InChI=1S/C30H32F2N6O2/c1-17(2)38(24-7-6-21(31)27(32)18(24)3)25-8-9-33-29(39)26(25)28-34-22-14-19-16-37(13-12-36-10-4-5-11-36)30(40)20(19)15-23(22)35-28/h6-9,14-15,17H,4-5,10-13,16H2,1-3H3,(H,33,39)(H,34,35). The second-order valence-corrected chi connectivity index (χ2v) is 10.9. The van der Waals surface area contributed by atoms with Crippen LogP contribution in [0.1, 0.15) is 48.2 Å². The van der Waals surface area contributed by atoms with Gasteiger partial charge in [0, 0.05) is 48.7 Å². The van der Waals surface area contributed by atoms with E-state index in [1.165, 1.54) is 32.0 Å². The number of nitrogens with zero attached hydrogens (tertiary/aromatic N) is 4. The summed E-state index contributed by atoms with van der Waals surface area (Å²) in [5.74, 6) is -1.52. The Morgan fingerprint density at radius 2 is 1.82 bits per heavy atom. The lowest BCUT2D eigenvalue weighted by Gasteiger charge is -2.31. The van der Waals surface area contributed by atoms with E-state index >= 15 is 0 Å². The summed E-state index contributed by atoms with van der Waals surface area (Å²) >= 11 is 0. The number of pyridine rings is 1. The number of carbonyl (C=O) groups is 1. The molecule has 0 radical (unpaired) electrons. The highest BCUT2D eigenvalue weighted by atomic mass is 19.2. The number of likely N-dealkylation sites (tertiary alicyclic amines) is 1. The Morgan fingerprint density at radius 3 is 2.58 bits per heavy atom. The van der Waals surface area contributed by atoms with Gasteiger partial charge >= 0.3 is 0 Å². The van der Waals surface area contributed by atoms with Crippen LogP contribution in [0, 0.1) is 18.6 Å². The lowest BCUT2D eigenvalue weighted by atomic mass is 10.1. The van der Waals surface area contributed by atoms with Gasteiger partial charge in [-0.1, -0.05) is 0 Å². The number of rotatable bonds is 7. The molecule has 0 atom stereocenters. The zero-order chi connectivity index (χ0) is 28.1. The van der Waals surface area contributed by atoms with Crippen molar-refractivity contribution in [2.24, 2.45) is 0 Å². The van der Waals surface area contributed by atoms with Crippen molar-refractivity contribution in [2.75, 3.05) is 31.1 Å². The first-order chi connectivity index (χ1) is 19.2. The quantitative estimate of drug-likeness (QED) is 0.337. The van der Waals surface area contributed by atoms with Crippen molar-refractivity contribution in [1.82, 2.24) is 24.8 Å². The van der Waals surface area contributed by atoms with Crippen molar-refractivity contribution < 1.29 is 13.6 Å². The Labute approximate surface area is 230 Å². The average molecular weight is 547 g/mol. The average Bonchev–Trinajstić information content (AvgIpc) is 3.65. The smallest absolute Gasteiger partial charge is 0.261 e. The van der Waals surface area contributed by atoms with Gasteiger partial charge < -0.3 is 24.7 Å². The molecule has 1 saturated heterocycles. The van der Waals surface area contributed by atoms with E-state index in [4.69, 9.17) is 4.98 Å². The molecule has 10 heteroatoms. The fraction of sp³-hybridized carbons (Fsp3) is 0.367. The van der Waals surface area contributed by atoms with Gasteiger partial charge in [0.25, 0.3) is 11.5 Å². The SMILES string of the molecule is Cc1c(N(c2cc[nH]c(=O)c2-c2nc3cc4c(cc3[nH]2)CN(CCN2CCCC2)C4=O)C(C)C)ccc(F)c1F. The molecule has 2 aromatic heterocycles. The maximum Gasteiger partial charge on any atom is 0.261 e. The van der Waals surface area contributed by atoms with Crippen LogP contribution >= 0.6 is 0 Å². The molecule has 40 heavy (non-hydrogen) atoms. The highest BCUT2D eigenvalue weighted by Crippen LogP contribution is 2.37. The molecule has 1 amide bonds. The lowest BCUT2D eigenvalue weighted by Crippen LogP contribution is -2.33. The minimum atomic E-state index is -0.925. The molecular formula is C30H32F2N6O2. The number of hydrogen-bond acceptors (Lipinski definition) is 5. The van der Waals surface area contributed by atoms with Crippen LogP contribution in [-0.4, -0.2) is 62.9 Å². The number of aromatic amines is 2. The predicted octanol–water partition coefficient (Wildman–Crippen LogP) is 5.10. The molecule has 0 bridgehead atoms. The molecule has 4 aromatic rings. The van der Waals surface area contributed by atoms with Gasteiger partial charge in [0.15, 0.2) is 11.6 Å². The normalized spacial score (nSPS) is 15.6. The van der Waals surface area contributed by atoms with Crippen LogP contribution in [-0.2, 0) is 6.54 Å². The molecule has 2 aliphatic rings. The summed E-state index contributed by atoms with van der Waals surface area (Å²) in [6, 6.07) is 7.87. The van der Waals surface area contributed by atoms with Gasteiger partial charge in [0.1, 0.15) is 11.4 Å². The van der Waals surface area contributed by atoms with Gasteiger partial charge in [-0.3, -0.25) is 9.59 Å². The fourth-order valence-electron chi connectivity index (χ4n) is 5.93. The maximum absolute atomic E-state index is 14.6. The molecule has 0 spiro atoms. The van der Waals surface area contributed by atoms with Gasteiger partial charge in [-0.2, -0.15) is 0 Å². The van der Waals surface area contributed by atoms with E-state index in [1.807, 2.05) is 24.8 Å². The molecule has 6 rings (SSSR count). The summed E-state index contributed by atoms with van der Waals surface area (Å²) in [5.41, 5.74) is 3.87. The first-order valence-corrected chi connectivity index (χ1v) is 13.7. The van der Waals surface area contributed by atoms with E-state index in [0.717, 1.165) is 36.8 Å². The zero-order valence-electron chi connectivity index (χ0n) is 22.9. The van der Waals surface area contributed by atoms with Gasteiger partial charge in [0.2, 0.25) is 0 Å². The third-order valence-electron chi connectivity index (χ3n) is 7.99. The number of carbonyl (C=O) groups excluding carboxylic acids is 1. The molecule has 2 aliphatic heterocycles. The molecule has 2 N–H and O–H groups in total. The first kappa shape index (κ1) is 26.2. The molecule has 1 fully saturated rings. The van der Waals surface area contributed by atoms with E-state index in [0.29, 0.717) is 41.4 Å². The minimum absolute atomic E-state index is 0.00121. The second-order valence-electron chi connectivity index (χ2n) is 10.9. The summed E-state index contributed by atoms with van der Waals surface area (Å²) in [6.07, 6.45) is 3.96.